The van der Waals surface area contributed by atoms with Gasteiger partial charge >= 0.3 is 0 Å². The van der Waals surface area contributed by atoms with Crippen molar-refractivity contribution in [2.45, 2.75) is 45.1 Å². The molecule has 80 valence electrons. The third-order valence-corrected chi connectivity index (χ3v) is 3.98. The highest BCUT2D eigenvalue weighted by Gasteiger charge is 2.24. The lowest BCUT2D eigenvalue weighted by molar-refractivity contribution is 0.732. The van der Waals surface area contributed by atoms with Crippen LogP contribution in [0.2, 0.25) is 0 Å². The molecular weight excluding hydrogens is 182 g/mol. The van der Waals surface area contributed by atoms with Crippen LogP contribution in [0, 0.1) is 0 Å². The van der Waals surface area contributed by atoms with E-state index in [0.717, 1.165) is 6.04 Å². The van der Waals surface area contributed by atoms with Gasteiger partial charge in [-0.15, -0.1) is 0 Å². The summed E-state index contributed by atoms with van der Waals surface area (Å²) < 4.78 is 0. The maximum absolute atomic E-state index is 2.62. The van der Waals surface area contributed by atoms with E-state index >= 15 is 0 Å². The lowest BCUT2D eigenvalue weighted by Gasteiger charge is -2.26. The second-order valence-electron chi connectivity index (χ2n) is 4.95. The van der Waals surface area contributed by atoms with E-state index in [1.165, 1.54) is 44.3 Å². The maximum Gasteiger partial charge on any atom is 0.0403 e. The highest BCUT2D eigenvalue weighted by molar-refractivity contribution is 5.59. The standard InChI is InChI=1S/C14H19N/c1-11-5-4-10-15(11)14-9-3-7-12-6-2-8-13(12)14/h3,7,9,11H,2,4-6,8,10H2,1H3. The van der Waals surface area contributed by atoms with Crippen molar-refractivity contribution in [3.05, 3.63) is 29.3 Å². The van der Waals surface area contributed by atoms with Crippen LogP contribution in [0.4, 0.5) is 5.69 Å². The van der Waals surface area contributed by atoms with Gasteiger partial charge in [-0.1, -0.05) is 12.1 Å². The monoisotopic (exact) mass is 201 g/mol. The van der Waals surface area contributed by atoms with Crippen LogP contribution in [0.3, 0.4) is 0 Å². The van der Waals surface area contributed by atoms with E-state index in [-0.39, 0.29) is 0 Å². The number of rotatable bonds is 1. The van der Waals surface area contributed by atoms with Crippen LogP contribution >= 0.6 is 0 Å². The fraction of sp³-hybridized carbons (Fsp3) is 0.571. The van der Waals surface area contributed by atoms with Gasteiger partial charge < -0.3 is 4.90 Å². The SMILES string of the molecule is CC1CCCN1c1cccc2c1CCC2. The second kappa shape index (κ2) is 3.55. The van der Waals surface area contributed by atoms with Gasteiger partial charge in [0.2, 0.25) is 0 Å². The van der Waals surface area contributed by atoms with E-state index in [4.69, 9.17) is 0 Å². The lowest BCUT2D eigenvalue weighted by atomic mass is 10.1. The molecule has 1 aromatic carbocycles. The minimum Gasteiger partial charge on any atom is -0.369 e. The van der Waals surface area contributed by atoms with E-state index in [1.54, 1.807) is 11.1 Å². The molecule has 1 aromatic rings. The molecule has 2 aliphatic rings. The van der Waals surface area contributed by atoms with Crippen molar-refractivity contribution in [3.63, 3.8) is 0 Å². The van der Waals surface area contributed by atoms with Gasteiger partial charge in [-0.05, 0) is 56.2 Å². The van der Waals surface area contributed by atoms with Crippen molar-refractivity contribution in [1.82, 2.24) is 0 Å². The van der Waals surface area contributed by atoms with Crippen molar-refractivity contribution >= 4 is 5.69 Å². The molecule has 0 amide bonds. The normalized spacial score (nSPS) is 24.6. The van der Waals surface area contributed by atoms with E-state index < -0.39 is 0 Å². The summed E-state index contributed by atoms with van der Waals surface area (Å²) >= 11 is 0. The Balaban J connectivity index is 2.01. The average Bonchev–Trinajstić information content (AvgIpc) is 2.85. The largest absolute Gasteiger partial charge is 0.369 e. The Morgan fingerprint density at radius 2 is 2.13 bits per heavy atom. The van der Waals surface area contributed by atoms with E-state index in [2.05, 4.69) is 30.0 Å². The molecule has 1 unspecified atom stereocenters. The Kier molecular flexibility index (Phi) is 2.19. The number of benzene rings is 1. The fourth-order valence-corrected chi connectivity index (χ4v) is 3.16. The molecule has 15 heavy (non-hydrogen) atoms. The summed E-state index contributed by atoms with van der Waals surface area (Å²) in [4.78, 5) is 2.62. The fourth-order valence-electron chi connectivity index (χ4n) is 3.16. The number of anilines is 1. The van der Waals surface area contributed by atoms with Crippen LogP contribution in [0.25, 0.3) is 0 Å². The third-order valence-electron chi connectivity index (χ3n) is 3.98. The first kappa shape index (κ1) is 9.26. The summed E-state index contributed by atoms with van der Waals surface area (Å²) in [5, 5.41) is 0. The summed E-state index contributed by atoms with van der Waals surface area (Å²) in [6, 6.07) is 7.63. The molecular formula is C14H19N. The van der Waals surface area contributed by atoms with Crippen molar-refractivity contribution in [1.29, 1.82) is 0 Å². The molecule has 3 rings (SSSR count). The zero-order valence-corrected chi connectivity index (χ0v) is 9.50. The highest BCUT2D eigenvalue weighted by Crippen LogP contribution is 2.34. The third kappa shape index (κ3) is 1.45. The predicted octanol–water partition coefficient (Wildman–Crippen LogP) is 3.16. The second-order valence-corrected chi connectivity index (χ2v) is 4.95. The number of fused-ring (bicyclic) bond motifs is 1. The Morgan fingerprint density at radius 3 is 2.93 bits per heavy atom. The summed E-state index contributed by atoms with van der Waals surface area (Å²) in [7, 11) is 0. The Labute approximate surface area is 92.1 Å². The van der Waals surface area contributed by atoms with E-state index in [1.807, 2.05) is 0 Å². The molecule has 1 heterocycles. The molecule has 1 nitrogen and oxygen atoms in total. The first-order chi connectivity index (χ1) is 7.36. The van der Waals surface area contributed by atoms with Crippen LogP contribution in [0.15, 0.2) is 18.2 Å². The highest BCUT2D eigenvalue weighted by atomic mass is 15.2. The van der Waals surface area contributed by atoms with Gasteiger partial charge in [0.1, 0.15) is 0 Å². The molecule has 1 aliphatic heterocycles. The molecule has 0 saturated carbocycles. The predicted molar refractivity (Wildman–Crippen MR) is 64.5 cm³/mol. The number of hydrogen-bond acceptors (Lipinski definition) is 1. The molecule has 0 bridgehead atoms. The van der Waals surface area contributed by atoms with Crippen LogP contribution in [-0.4, -0.2) is 12.6 Å². The Hall–Kier alpha value is -0.980. The van der Waals surface area contributed by atoms with Crippen LogP contribution < -0.4 is 4.90 Å². The molecule has 1 heteroatoms. The number of nitrogens with zero attached hydrogens (tertiary/aromatic N) is 1. The topological polar surface area (TPSA) is 3.24 Å². The van der Waals surface area contributed by atoms with Gasteiger partial charge in [0, 0.05) is 18.3 Å². The maximum atomic E-state index is 2.62. The molecule has 1 atom stereocenters. The number of hydrogen-bond donors (Lipinski definition) is 0. The summed E-state index contributed by atoms with van der Waals surface area (Å²) in [5.41, 5.74) is 4.79. The molecule has 0 radical (unpaired) electrons. The first-order valence-electron chi connectivity index (χ1n) is 6.23. The van der Waals surface area contributed by atoms with Crippen LogP contribution in [0.5, 0.6) is 0 Å². The molecule has 0 aromatic heterocycles. The van der Waals surface area contributed by atoms with Crippen molar-refractivity contribution in [2.75, 3.05) is 11.4 Å². The molecule has 0 spiro atoms. The van der Waals surface area contributed by atoms with Gasteiger partial charge in [-0.25, -0.2) is 0 Å². The van der Waals surface area contributed by atoms with Crippen LogP contribution in [-0.2, 0) is 12.8 Å². The number of aryl methyl sites for hydroxylation is 1. The summed E-state index contributed by atoms with van der Waals surface area (Å²) in [6.07, 6.45) is 6.68. The van der Waals surface area contributed by atoms with E-state index in [0.29, 0.717) is 0 Å². The van der Waals surface area contributed by atoms with Gasteiger partial charge in [-0.3, -0.25) is 0 Å². The van der Waals surface area contributed by atoms with Gasteiger partial charge in [-0.2, -0.15) is 0 Å². The Bertz CT molecular complexity index is 370. The summed E-state index contributed by atoms with van der Waals surface area (Å²) in [5.74, 6) is 0. The average molecular weight is 201 g/mol. The van der Waals surface area contributed by atoms with Crippen molar-refractivity contribution in [2.24, 2.45) is 0 Å². The summed E-state index contributed by atoms with van der Waals surface area (Å²) in [6.45, 7) is 3.62. The molecule has 1 fully saturated rings. The van der Waals surface area contributed by atoms with Gasteiger partial charge in [0.05, 0.1) is 0 Å². The lowest BCUT2D eigenvalue weighted by Crippen LogP contribution is -2.27. The first-order valence-corrected chi connectivity index (χ1v) is 6.23. The van der Waals surface area contributed by atoms with Crippen molar-refractivity contribution < 1.29 is 0 Å². The quantitative estimate of drug-likeness (QED) is 0.674. The zero-order valence-electron chi connectivity index (χ0n) is 9.50. The molecule has 1 saturated heterocycles. The molecule has 1 aliphatic carbocycles. The Morgan fingerprint density at radius 1 is 1.20 bits per heavy atom. The van der Waals surface area contributed by atoms with Gasteiger partial charge in [0.25, 0.3) is 0 Å². The van der Waals surface area contributed by atoms with Crippen LogP contribution in [0.1, 0.15) is 37.3 Å². The van der Waals surface area contributed by atoms with E-state index in [9.17, 15) is 0 Å². The van der Waals surface area contributed by atoms with Crippen molar-refractivity contribution in [3.8, 4) is 0 Å². The minimum absolute atomic E-state index is 0.747. The smallest absolute Gasteiger partial charge is 0.0403 e. The minimum atomic E-state index is 0.747. The molecule has 0 N–H and O–H groups in total. The zero-order chi connectivity index (χ0) is 10.3. The van der Waals surface area contributed by atoms with Gasteiger partial charge in [0.15, 0.2) is 0 Å².